The van der Waals surface area contributed by atoms with Gasteiger partial charge in [0.1, 0.15) is 5.76 Å². The first-order valence-electron chi connectivity index (χ1n) is 7.14. The van der Waals surface area contributed by atoms with Gasteiger partial charge in [-0.3, -0.25) is 4.68 Å². The Morgan fingerprint density at radius 2 is 2.05 bits per heavy atom. The van der Waals surface area contributed by atoms with E-state index in [1.165, 1.54) is 5.39 Å². The SMILES string of the molecule is Cc1noc(C)c1C(C)NCc1nn(C)c2ccccc12. The van der Waals surface area contributed by atoms with E-state index in [2.05, 4.69) is 34.6 Å². The van der Waals surface area contributed by atoms with E-state index in [4.69, 9.17) is 4.52 Å². The minimum Gasteiger partial charge on any atom is -0.361 e. The minimum absolute atomic E-state index is 0.178. The number of hydrogen-bond acceptors (Lipinski definition) is 4. The maximum atomic E-state index is 5.23. The van der Waals surface area contributed by atoms with Crippen molar-refractivity contribution in [2.75, 3.05) is 0 Å². The van der Waals surface area contributed by atoms with Gasteiger partial charge in [-0.25, -0.2) is 0 Å². The van der Waals surface area contributed by atoms with E-state index in [1.54, 1.807) is 0 Å². The summed E-state index contributed by atoms with van der Waals surface area (Å²) in [6.07, 6.45) is 0. The molecule has 1 N–H and O–H groups in total. The Kier molecular flexibility index (Phi) is 3.51. The molecule has 5 nitrogen and oxygen atoms in total. The minimum atomic E-state index is 0.178. The van der Waals surface area contributed by atoms with E-state index in [1.807, 2.05) is 37.7 Å². The summed E-state index contributed by atoms with van der Waals surface area (Å²) < 4.78 is 7.16. The normalized spacial score (nSPS) is 13.0. The monoisotopic (exact) mass is 284 g/mol. The number of benzene rings is 1. The van der Waals surface area contributed by atoms with Crippen molar-refractivity contribution >= 4 is 10.9 Å². The van der Waals surface area contributed by atoms with Gasteiger partial charge in [0.25, 0.3) is 0 Å². The van der Waals surface area contributed by atoms with Crippen LogP contribution in [-0.4, -0.2) is 14.9 Å². The first-order valence-corrected chi connectivity index (χ1v) is 7.14. The highest BCUT2D eigenvalue weighted by Crippen LogP contribution is 2.22. The first kappa shape index (κ1) is 13.8. The third-order valence-corrected chi connectivity index (χ3v) is 3.93. The third-order valence-electron chi connectivity index (χ3n) is 3.93. The van der Waals surface area contributed by atoms with Crippen molar-refractivity contribution in [2.24, 2.45) is 7.05 Å². The lowest BCUT2D eigenvalue weighted by Crippen LogP contribution is -2.19. The summed E-state index contributed by atoms with van der Waals surface area (Å²) in [5.41, 5.74) is 4.29. The highest BCUT2D eigenvalue weighted by Gasteiger charge is 2.17. The molecule has 0 spiro atoms. The molecule has 1 atom stereocenters. The number of rotatable bonds is 4. The Morgan fingerprint density at radius 1 is 1.29 bits per heavy atom. The molecule has 2 aromatic heterocycles. The molecule has 0 aliphatic carbocycles. The van der Waals surface area contributed by atoms with Crippen molar-refractivity contribution in [3.63, 3.8) is 0 Å². The van der Waals surface area contributed by atoms with E-state index in [0.29, 0.717) is 6.54 Å². The van der Waals surface area contributed by atoms with Crippen LogP contribution in [0.5, 0.6) is 0 Å². The molecule has 21 heavy (non-hydrogen) atoms. The highest BCUT2D eigenvalue weighted by molar-refractivity contribution is 5.81. The number of nitrogens with zero attached hydrogens (tertiary/aromatic N) is 3. The van der Waals surface area contributed by atoms with Crippen molar-refractivity contribution in [3.05, 3.63) is 47.0 Å². The number of fused-ring (bicyclic) bond motifs is 1. The average molecular weight is 284 g/mol. The number of aromatic nitrogens is 3. The zero-order chi connectivity index (χ0) is 15.0. The van der Waals surface area contributed by atoms with Crippen LogP contribution in [0.4, 0.5) is 0 Å². The molecule has 0 aliphatic rings. The van der Waals surface area contributed by atoms with E-state index in [0.717, 1.165) is 28.2 Å². The van der Waals surface area contributed by atoms with Gasteiger partial charge < -0.3 is 9.84 Å². The van der Waals surface area contributed by atoms with Gasteiger partial charge >= 0.3 is 0 Å². The van der Waals surface area contributed by atoms with Crippen LogP contribution in [0.2, 0.25) is 0 Å². The molecule has 2 heterocycles. The molecule has 0 radical (unpaired) electrons. The fourth-order valence-corrected chi connectivity index (χ4v) is 2.88. The maximum absolute atomic E-state index is 5.23. The summed E-state index contributed by atoms with van der Waals surface area (Å²) in [6.45, 7) is 6.76. The van der Waals surface area contributed by atoms with Gasteiger partial charge in [-0.2, -0.15) is 5.10 Å². The van der Waals surface area contributed by atoms with Crippen LogP contribution in [-0.2, 0) is 13.6 Å². The summed E-state index contributed by atoms with van der Waals surface area (Å²) in [5.74, 6) is 0.873. The van der Waals surface area contributed by atoms with Gasteiger partial charge in [0.15, 0.2) is 0 Å². The average Bonchev–Trinajstić information content (AvgIpc) is 2.98. The standard InChI is InChI=1S/C16H20N4O/c1-10(16-11(2)19-21-12(16)3)17-9-14-13-7-5-6-8-15(13)20(4)18-14/h5-8,10,17H,9H2,1-4H3. The molecule has 0 bridgehead atoms. The lowest BCUT2D eigenvalue weighted by molar-refractivity contribution is 0.390. The van der Waals surface area contributed by atoms with Crippen molar-refractivity contribution in [3.8, 4) is 0 Å². The molecular weight excluding hydrogens is 264 g/mol. The van der Waals surface area contributed by atoms with Gasteiger partial charge in [0.2, 0.25) is 0 Å². The number of aryl methyl sites for hydroxylation is 3. The molecule has 0 saturated carbocycles. The number of nitrogens with one attached hydrogen (secondary N) is 1. The zero-order valence-electron chi connectivity index (χ0n) is 12.8. The van der Waals surface area contributed by atoms with Gasteiger partial charge in [-0.1, -0.05) is 23.4 Å². The van der Waals surface area contributed by atoms with E-state index >= 15 is 0 Å². The molecule has 0 aliphatic heterocycles. The first-order chi connectivity index (χ1) is 10.1. The Balaban J connectivity index is 1.81. The second-order valence-electron chi connectivity index (χ2n) is 5.43. The molecule has 0 amide bonds. The van der Waals surface area contributed by atoms with E-state index in [9.17, 15) is 0 Å². The second kappa shape index (κ2) is 5.33. The van der Waals surface area contributed by atoms with Gasteiger partial charge in [-0.05, 0) is 26.8 Å². The quantitative estimate of drug-likeness (QED) is 0.800. The molecule has 1 unspecified atom stereocenters. The van der Waals surface area contributed by atoms with Gasteiger partial charge in [0, 0.05) is 30.6 Å². The van der Waals surface area contributed by atoms with Crippen LogP contribution < -0.4 is 5.32 Å². The fraction of sp³-hybridized carbons (Fsp3) is 0.375. The highest BCUT2D eigenvalue weighted by atomic mass is 16.5. The van der Waals surface area contributed by atoms with Crippen LogP contribution >= 0.6 is 0 Å². The van der Waals surface area contributed by atoms with E-state index in [-0.39, 0.29) is 6.04 Å². The molecule has 0 saturated heterocycles. The Hall–Kier alpha value is -2.14. The van der Waals surface area contributed by atoms with Gasteiger partial charge in [-0.15, -0.1) is 0 Å². The summed E-state index contributed by atoms with van der Waals surface area (Å²) in [7, 11) is 1.98. The number of para-hydroxylation sites is 1. The van der Waals surface area contributed by atoms with Crippen molar-refractivity contribution in [1.29, 1.82) is 0 Å². The predicted molar refractivity (Wildman–Crippen MR) is 81.9 cm³/mol. The lowest BCUT2D eigenvalue weighted by Gasteiger charge is -2.12. The van der Waals surface area contributed by atoms with Crippen LogP contribution in [0.25, 0.3) is 10.9 Å². The molecule has 1 aromatic carbocycles. The van der Waals surface area contributed by atoms with Crippen molar-refractivity contribution in [2.45, 2.75) is 33.4 Å². The van der Waals surface area contributed by atoms with Crippen LogP contribution in [0, 0.1) is 13.8 Å². The Morgan fingerprint density at radius 3 is 2.76 bits per heavy atom. The molecule has 0 fully saturated rings. The molecule has 110 valence electrons. The Bertz CT molecular complexity index is 752. The van der Waals surface area contributed by atoms with Gasteiger partial charge in [0.05, 0.1) is 16.9 Å². The largest absolute Gasteiger partial charge is 0.361 e. The fourth-order valence-electron chi connectivity index (χ4n) is 2.88. The predicted octanol–water partition coefficient (Wildman–Crippen LogP) is 3.03. The molecular formula is C16H20N4O. The zero-order valence-corrected chi connectivity index (χ0v) is 12.8. The number of hydrogen-bond donors (Lipinski definition) is 1. The second-order valence-corrected chi connectivity index (χ2v) is 5.43. The third kappa shape index (κ3) is 2.45. The lowest BCUT2D eigenvalue weighted by atomic mass is 10.1. The van der Waals surface area contributed by atoms with Crippen molar-refractivity contribution in [1.82, 2.24) is 20.3 Å². The smallest absolute Gasteiger partial charge is 0.138 e. The topological polar surface area (TPSA) is 55.9 Å². The van der Waals surface area contributed by atoms with Crippen LogP contribution in [0.1, 0.15) is 35.7 Å². The maximum Gasteiger partial charge on any atom is 0.138 e. The van der Waals surface area contributed by atoms with Crippen LogP contribution in [0.3, 0.4) is 0 Å². The summed E-state index contributed by atoms with van der Waals surface area (Å²) >= 11 is 0. The van der Waals surface area contributed by atoms with E-state index < -0.39 is 0 Å². The summed E-state index contributed by atoms with van der Waals surface area (Å²) in [6, 6.07) is 8.46. The summed E-state index contributed by atoms with van der Waals surface area (Å²) in [4.78, 5) is 0. The summed E-state index contributed by atoms with van der Waals surface area (Å²) in [5, 5.41) is 13.3. The molecule has 3 rings (SSSR count). The Labute approximate surface area is 123 Å². The molecule has 3 aromatic rings. The molecule has 5 heteroatoms. The van der Waals surface area contributed by atoms with Crippen molar-refractivity contribution < 1.29 is 4.52 Å². The van der Waals surface area contributed by atoms with Crippen LogP contribution in [0.15, 0.2) is 28.8 Å².